The Morgan fingerprint density at radius 2 is 1.35 bits per heavy atom. The summed E-state index contributed by atoms with van der Waals surface area (Å²) in [6.45, 7) is 4.94. The fourth-order valence-corrected chi connectivity index (χ4v) is 6.98. The van der Waals surface area contributed by atoms with Crippen LogP contribution < -0.4 is 4.31 Å². The van der Waals surface area contributed by atoms with Crippen LogP contribution in [-0.2, 0) is 26.6 Å². The Labute approximate surface area is 219 Å². The minimum atomic E-state index is -3.59. The lowest BCUT2D eigenvalue weighted by atomic mass is 10.1. The molecule has 0 saturated carbocycles. The lowest BCUT2D eigenvalue weighted by molar-refractivity contribution is 0.0698. The van der Waals surface area contributed by atoms with Gasteiger partial charge < -0.3 is 4.90 Å². The van der Waals surface area contributed by atoms with Crippen LogP contribution in [0.2, 0.25) is 0 Å². The molecule has 0 aromatic heterocycles. The van der Waals surface area contributed by atoms with Crippen molar-refractivity contribution in [2.75, 3.05) is 36.7 Å². The van der Waals surface area contributed by atoms with Crippen LogP contribution in [0.5, 0.6) is 0 Å². The van der Waals surface area contributed by atoms with Gasteiger partial charge in [0.1, 0.15) is 0 Å². The zero-order valence-corrected chi connectivity index (χ0v) is 22.8. The molecule has 1 saturated heterocycles. The lowest BCUT2D eigenvalue weighted by Gasteiger charge is -2.34. The number of aryl methyl sites for hydroxylation is 2. The summed E-state index contributed by atoms with van der Waals surface area (Å²) in [5.74, 6) is -0.182. The van der Waals surface area contributed by atoms with E-state index in [1.807, 2.05) is 32.0 Å². The standard InChI is InChI=1S/C27H31N3O5S2/c1-21-8-7-9-22(2)26(21)30(36(3,32)33)20-23-12-14-24(15-13-23)27(31)28-16-18-29(19-17-28)37(34,35)25-10-5-4-6-11-25/h4-15H,16-20H2,1-3H3. The van der Waals surface area contributed by atoms with Gasteiger partial charge in [-0.3, -0.25) is 9.10 Å². The number of carbonyl (C=O) groups is 1. The van der Waals surface area contributed by atoms with Crippen LogP contribution >= 0.6 is 0 Å². The highest BCUT2D eigenvalue weighted by Crippen LogP contribution is 2.28. The van der Waals surface area contributed by atoms with E-state index in [4.69, 9.17) is 0 Å². The van der Waals surface area contributed by atoms with Gasteiger partial charge in [-0.1, -0.05) is 48.5 Å². The van der Waals surface area contributed by atoms with E-state index in [0.717, 1.165) is 16.7 Å². The Morgan fingerprint density at radius 3 is 1.89 bits per heavy atom. The molecule has 10 heteroatoms. The normalized spacial score (nSPS) is 14.9. The molecule has 1 amide bonds. The van der Waals surface area contributed by atoms with E-state index in [1.54, 1.807) is 59.5 Å². The Morgan fingerprint density at radius 1 is 0.784 bits per heavy atom. The van der Waals surface area contributed by atoms with Crippen molar-refractivity contribution in [2.24, 2.45) is 0 Å². The number of hydrogen-bond donors (Lipinski definition) is 0. The fraction of sp³-hybridized carbons (Fsp3) is 0.296. The average Bonchev–Trinajstić information content (AvgIpc) is 2.88. The Hall–Kier alpha value is -3.21. The van der Waals surface area contributed by atoms with Crippen LogP contribution in [0.25, 0.3) is 0 Å². The van der Waals surface area contributed by atoms with Gasteiger partial charge >= 0.3 is 0 Å². The van der Waals surface area contributed by atoms with Gasteiger partial charge in [0, 0.05) is 31.7 Å². The van der Waals surface area contributed by atoms with E-state index in [1.165, 1.54) is 14.9 Å². The zero-order chi connectivity index (χ0) is 26.8. The van der Waals surface area contributed by atoms with Crippen LogP contribution in [0.3, 0.4) is 0 Å². The maximum Gasteiger partial charge on any atom is 0.253 e. The number of carbonyl (C=O) groups excluding carboxylic acids is 1. The first-order chi connectivity index (χ1) is 17.5. The summed E-state index contributed by atoms with van der Waals surface area (Å²) in [6, 6.07) is 20.8. The second-order valence-corrected chi connectivity index (χ2v) is 13.1. The highest BCUT2D eigenvalue weighted by atomic mass is 32.2. The van der Waals surface area contributed by atoms with E-state index in [9.17, 15) is 21.6 Å². The van der Waals surface area contributed by atoms with E-state index in [-0.39, 0.29) is 30.4 Å². The zero-order valence-electron chi connectivity index (χ0n) is 21.2. The summed E-state index contributed by atoms with van der Waals surface area (Å²) >= 11 is 0. The first-order valence-corrected chi connectivity index (χ1v) is 15.2. The summed E-state index contributed by atoms with van der Waals surface area (Å²) in [5.41, 5.74) is 3.62. The van der Waals surface area contributed by atoms with Crippen LogP contribution in [0, 0.1) is 13.8 Å². The third-order valence-electron chi connectivity index (χ3n) is 6.52. The highest BCUT2D eigenvalue weighted by molar-refractivity contribution is 7.92. The number of sulfonamides is 2. The number of rotatable bonds is 7. The van der Waals surface area contributed by atoms with E-state index in [0.29, 0.717) is 24.3 Å². The molecule has 37 heavy (non-hydrogen) atoms. The van der Waals surface area contributed by atoms with E-state index < -0.39 is 20.0 Å². The Kier molecular flexibility index (Phi) is 7.72. The average molecular weight is 542 g/mol. The number of para-hydroxylation sites is 1. The van der Waals surface area contributed by atoms with Crippen molar-refractivity contribution in [1.29, 1.82) is 0 Å². The maximum atomic E-state index is 13.1. The molecule has 0 radical (unpaired) electrons. The predicted octanol–water partition coefficient (Wildman–Crippen LogP) is 3.42. The van der Waals surface area contributed by atoms with Crippen LogP contribution in [0.4, 0.5) is 5.69 Å². The van der Waals surface area contributed by atoms with Gasteiger partial charge in [-0.2, -0.15) is 4.31 Å². The third-order valence-corrected chi connectivity index (χ3v) is 9.55. The predicted molar refractivity (Wildman–Crippen MR) is 144 cm³/mol. The number of nitrogens with zero attached hydrogens (tertiary/aromatic N) is 3. The highest BCUT2D eigenvalue weighted by Gasteiger charge is 2.30. The molecular formula is C27H31N3O5S2. The van der Waals surface area contributed by atoms with E-state index >= 15 is 0 Å². The molecule has 0 spiro atoms. The van der Waals surface area contributed by atoms with Crippen molar-refractivity contribution in [1.82, 2.24) is 9.21 Å². The van der Waals surface area contributed by atoms with Crippen molar-refractivity contribution in [2.45, 2.75) is 25.3 Å². The van der Waals surface area contributed by atoms with Crippen molar-refractivity contribution in [3.8, 4) is 0 Å². The SMILES string of the molecule is Cc1cccc(C)c1N(Cc1ccc(C(=O)N2CCN(S(=O)(=O)c3ccccc3)CC2)cc1)S(C)(=O)=O. The monoisotopic (exact) mass is 541 g/mol. The number of benzene rings is 3. The Bertz CT molecular complexity index is 1460. The quantitative estimate of drug-likeness (QED) is 0.457. The Balaban J connectivity index is 1.44. The molecule has 0 bridgehead atoms. The van der Waals surface area contributed by atoms with Crippen molar-refractivity contribution < 1.29 is 21.6 Å². The molecule has 1 fully saturated rings. The molecule has 0 unspecified atom stereocenters. The number of anilines is 1. The van der Waals surface area contributed by atoms with Gasteiger partial charge in [0.25, 0.3) is 5.91 Å². The summed E-state index contributed by atoms with van der Waals surface area (Å²) in [6.07, 6.45) is 1.19. The van der Waals surface area contributed by atoms with Gasteiger partial charge in [-0.05, 0) is 54.8 Å². The molecule has 0 atom stereocenters. The van der Waals surface area contributed by atoms with Gasteiger partial charge in [0.2, 0.25) is 20.0 Å². The molecule has 8 nitrogen and oxygen atoms in total. The molecule has 196 valence electrons. The number of hydrogen-bond acceptors (Lipinski definition) is 5. The molecular weight excluding hydrogens is 510 g/mol. The van der Waals surface area contributed by atoms with Crippen LogP contribution in [-0.4, -0.2) is 64.4 Å². The first-order valence-electron chi connectivity index (χ1n) is 12.0. The van der Waals surface area contributed by atoms with Gasteiger partial charge in [0.05, 0.1) is 23.4 Å². The van der Waals surface area contributed by atoms with Gasteiger partial charge in [-0.15, -0.1) is 0 Å². The van der Waals surface area contributed by atoms with Gasteiger partial charge in [0.15, 0.2) is 0 Å². The van der Waals surface area contributed by atoms with Gasteiger partial charge in [-0.25, -0.2) is 16.8 Å². The fourth-order valence-electron chi connectivity index (χ4n) is 4.54. The maximum absolute atomic E-state index is 13.1. The smallest absolute Gasteiger partial charge is 0.253 e. The molecule has 3 aromatic rings. The minimum Gasteiger partial charge on any atom is -0.336 e. The molecule has 1 heterocycles. The summed E-state index contributed by atoms with van der Waals surface area (Å²) in [7, 11) is -7.13. The van der Waals surface area contributed by atoms with Crippen molar-refractivity contribution in [3.05, 3.63) is 95.1 Å². The van der Waals surface area contributed by atoms with Crippen molar-refractivity contribution in [3.63, 3.8) is 0 Å². The second-order valence-electron chi connectivity index (χ2n) is 9.22. The summed E-state index contributed by atoms with van der Waals surface area (Å²) in [4.78, 5) is 15.0. The van der Waals surface area contributed by atoms with Crippen molar-refractivity contribution >= 4 is 31.6 Å². The first kappa shape index (κ1) is 26.8. The molecule has 4 rings (SSSR count). The van der Waals surface area contributed by atoms with Crippen LogP contribution in [0.1, 0.15) is 27.0 Å². The third kappa shape index (κ3) is 5.87. The molecule has 0 aliphatic carbocycles. The largest absolute Gasteiger partial charge is 0.336 e. The molecule has 1 aliphatic rings. The topological polar surface area (TPSA) is 95.1 Å². The summed E-state index contributed by atoms with van der Waals surface area (Å²) < 4.78 is 53.8. The lowest BCUT2D eigenvalue weighted by Crippen LogP contribution is -2.50. The van der Waals surface area contributed by atoms with Crippen LogP contribution in [0.15, 0.2) is 77.7 Å². The number of amides is 1. The molecule has 0 N–H and O–H groups in total. The molecule has 3 aromatic carbocycles. The number of piperazine rings is 1. The second kappa shape index (κ2) is 10.6. The van der Waals surface area contributed by atoms with E-state index in [2.05, 4.69) is 0 Å². The minimum absolute atomic E-state index is 0.148. The summed E-state index contributed by atoms with van der Waals surface area (Å²) in [5, 5.41) is 0. The molecule has 1 aliphatic heterocycles.